The van der Waals surface area contributed by atoms with Crippen molar-refractivity contribution in [2.75, 3.05) is 23.8 Å². The van der Waals surface area contributed by atoms with Gasteiger partial charge in [-0.3, -0.25) is 19.3 Å². The van der Waals surface area contributed by atoms with Gasteiger partial charge in [0.1, 0.15) is 6.54 Å². The third-order valence-corrected chi connectivity index (χ3v) is 5.31. The molecule has 0 fully saturated rings. The maximum absolute atomic E-state index is 12.1. The maximum Gasteiger partial charge on any atom is 0.326 e. The molecule has 0 radical (unpaired) electrons. The number of rotatable bonds is 6. The summed E-state index contributed by atoms with van der Waals surface area (Å²) in [5.41, 5.74) is 1.45. The van der Waals surface area contributed by atoms with E-state index >= 15 is 0 Å². The number of hydrogen-bond acceptors (Lipinski definition) is 5. The van der Waals surface area contributed by atoms with Crippen LogP contribution in [0.1, 0.15) is 5.56 Å². The number of ether oxygens (including phenoxy) is 1. The molecule has 0 aliphatic carbocycles. The second kappa shape index (κ2) is 8.92. The summed E-state index contributed by atoms with van der Waals surface area (Å²) in [4.78, 5) is 38.4. The van der Waals surface area contributed by atoms with Gasteiger partial charge in [0, 0.05) is 16.5 Å². The van der Waals surface area contributed by atoms with Crippen molar-refractivity contribution in [3.63, 3.8) is 0 Å². The van der Waals surface area contributed by atoms with Crippen molar-refractivity contribution in [1.29, 1.82) is 0 Å². The predicted octanol–water partition coefficient (Wildman–Crippen LogP) is 2.64. The topological polar surface area (TPSA) is 75.7 Å². The van der Waals surface area contributed by atoms with Gasteiger partial charge in [0.05, 0.1) is 11.4 Å². The summed E-state index contributed by atoms with van der Waals surface area (Å²) in [5.74, 6) is -0.983. The fourth-order valence-corrected chi connectivity index (χ4v) is 3.67. The Labute approximate surface area is 165 Å². The number of benzene rings is 2. The monoisotopic (exact) mass is 404 g/mol. The molecule has 0 aromatic heterocycles. The number of para-hydroxylation sites is 1. The van der Waals surface area contributed by atoms with Crippen molar-refractivity contribution >= 4 is 46.8 Å². The molecule has 0 unspecified atom stereocenters. The summed E-state index contributed by atoms with van der Waals surface area (Å²) in [6.45, 7) is -0.402. The van der Waals surface area contributed by atoms with Gasteiger partial charge in [-0.1, -0.05) is 41.9 Å². The Morgan fingerprint density at radius 3 is 2.70 bits per heavy atom. The lowest BCUT2D eigenvalue weighted by atomic mass is 10.2. The second-order valence-corrected chi connectivity index (χ2v) is 7.19. The first-order valence-electron chi connectivity index (χ1n) is 8.22. The lowest BCUT2D eigenvalue weighted by Crippen LogP contribution is -2.40. The Hall–Kier alpha value is -2.51. The van der Waals surface area contributed by atoms with Crippen molar-refractivity contribution in [3.05, 3.63) is 59.1 Å². The number of halogens is 1. The number of carbonyl (C=O) groups excluding carboxylic acids is 3. The maximum atomic E-state index is 12.1. The zero-order valence-electron chi connectivity index (χ0n) is 14.3. The van der Waals surface area contributed by atoms with Gasteiger partial charge in [-0.2, -0.15) is 0 Å². The normalized spacial score (nSPS) is 13.1. The molecule has 0 bridgehead atoms. The van der Waals surface area contributed by atoms with Gasteiger partial charge in [0.15, 0.2) is 6.61 Å². The Morgan fingerprint density at radius 2 is 1.89 bits per heavy atom. The van der Waals surface area contributed by atoms with Crippen LogP contribution >= 0.6 is 23.4 Å². The van der Waals surface area contributed by atoms with E-state index in [2.05, 4.69) is 5.32 Å². The highest BCUT2D eigenvalue weighted by Gasteiger charge is 2.26. The zero-order chi connectivity index (χ0) is 19.2. The first kappa shape index (κ1) is 19.3. The smallest absolute Gasteiger partial charge is 0.326 e. The third-order valence-electron chi connectivity index (χ3n) is 3.89. The van der Waals surface area contributed by atoms with Crippen LogP contribution in [0.25, 0.3) is 0 Å². The summed E-state index contributed by atoms with van der Waals surface area (Å²) >= 11 is 7.46. The summed E-state index contributed by atoms with van der Waals surface area (Å²) in [7, 11) is 0. The van der Waals surface area contributed by atoms with E-state index in [0.717, 1.165) is 10.5 Å². The van der Waals surface area contributed by atoms with Crippen molar-refractivity contribution < 1.29 is 19.1 Å². The second-order valence-electron chi connectivity index (χ2n) is 5.77. The van der Waals surface area contributed by atoms with Crippen molar-refractivity contribution in [2.24, 2.45) is 0 Å². The third kappa shape index (κ3) is 5.02. The van der Waals surface area contributed by atoms with E-state index < -0.39 is 18.5 Å². The average molecular weight is 405 g/mol. The highest BCUT2D eigenvalue weighted by molar-refractivity contribution is 8.00. The predicted molar refractivity (Wildman–Crippen MR) is 104 cm³/mol. The van der Waals surface area contributed by atoms with Gasteiger partial charge in [-0.15, -0.1) is 11.8 Å². The molecule has 0 atom stereocenters. The number of carbonyl (C=O) groups is 3. The number of anilines is 1. The molecule has 0 saturated heterocycles. The molecule has 6 nitrogen and oxygen atoms in total. The molecule has 2 aromatic rings. The Bertz CT molecular complexity index is 874. The first-order chi connectivity index (χ1) is 13.0. The van der Waals surface area contributed by atoms with Gasteiger partial charge in [0.25, 0.3) is 5.91 Å². The van der Waals surface area contributed by atoms with Crippen LogP contribution in [-0.2, 0) is 25.7 Å². The molecule has 0 saturated carbocycles. The molecular weight excluding hydrogens is 388 g/mol. The summed E-state index contributed by atoms with van der Waals surface area (Å²) < 4.78 is 5.00. The van der Waals surface area contributed by atoms with E-state index in [4.69, 9.17) is 16.3 Å². The fraction of sp³-hybridized carbons (Fsp3) is 0.211. The molecule has 3 rings (SSSR count). The van der Waals surface area contributed by atoms with Crippen molar-refractivity contribution in [2.45, 2.75) is 11.4 Å². The van der Waals surface area contributed by atoms with Gasteiger partial charge in [-0.25, -0.2) is 0 Å². The number of esters is 1. The molecule has 8 heteroatoms. The molecule has 140 valence electrons. The summed E-state index contributed by atoms with van der Waals surface area (Å²) in [6, 6.07) is 14.5. The number of thioether (sulfide) groups is 1. The quantitative estimate of drug-likeness (QED) is 0.749. The van der Waals surface area contributed by atoms with E-state index in [-0.39, 0.29) is 24.7 Å². The molecular formula is C19H17ClN2O4S. The molecule has 1 heterocycles. The van der Waals surface area contributed by atoms with Crippen LogP contribution in [0.3, 0.4) is 0 Å². The van der Waals surface area contributed by atoms with Gasteiger partial charge < -0.3 is 10.1 Å². The molecule has 2 amide bonds. The Balaban J connectivity index is 1.49. The molecule has 0 spiro atoms. The van der Waals surface area contributed by atoms with Crippen LogP contribution in [0.15, 0.2) is 53.4 Å². The van der Waals surface area contributed by atoms with Gasteiger partial charge in [-0.05, 0) is 23.8 Å². The molecule has 1 aliphatic heterocycles. The van der Waals surface area contributed by atoms with Crippen LogP contribution in [0.4, 0.5) is 5.69 Å². The fourth-order valence-electron chi connectivity index (χ4n) is 2.53. The minimum atomic E-state index is -0.641. The van der Waals surface area contributed by atoms with E-state index in [1.807, 2.05) is 18.2 Å². The Morgan fingerprint density at radius 1 is 1.15 bits per heavy atom. The van der Waals surface area contributed by atoms with Crippen LogP contribution in [0.2, 0.25) is 5.02 Å². The number of nitrogens with zero attached hydrogens (tertiary/aromatic N) is 1. The minimum absolute atomic E-state index is 0.168. The van der Waals surface area contributed by atoms with E-state index in [0.29, 0.717) is 10.7 Å². The highest BCUT2D eigenvalue weighted by atomic mass is 35.5. The van der Waals surface area contributed by atoms with E-state index in [9.17, 15) is 14.4 Å². The molecule has 1 N–H and O–H groups in total. The summed E-state index contributed by atoms with van der Waals surface area (Å²) in [5, 5.41) is 3.19. The zero-order valence-corrected chi connectivity index (χ0v) is 15.9. The van der Waals surface area contributed by atoms with Gasteiger partial charge in [0.2, 0.25) is 5.91 Å². The largest absolute Gasteiger partial charge is 0.454 e. The number of amides is 2. The van der Waals surface area contributed by atoms with E-state index in [1.54, 1.807) is 30.3 Å². The number of nitrogens with one attached hydrogen (secondary N) is 1. The highest BCUT2D eigenvalue weighted by Crippen LogP contribution is 2.34. The van der Waals surface area contributed by atoms with Gasteiger partial charge >= 0.3 is 5.97 Å². The lowest BCUT2D eigenvalue weighted by molar-refractivity contribution is -0.147. The summed E-state index contributed by atoms with van der Waals surface area (Å²) in [6.07, 6.45) is 0. The minimum Gasteiger partial charge on any atom is -0.454 e. The van der Waals surface area contributed by atoms with Crippen LogP contribution in [0, 0.1) is 0 Å². The first-order valence-corrected chi connectivity index (χ1v) is 9.59. The standard InChI is InChI=1S/C19H17ClN2O4S/c20-14-6-2-1-5-13(14)9-21-17(23)11-26-19(25)10-22-15-7-3-4-8-16(15)27-12-18(22)24/h1-8H,9-12H2,(H,21,23). The SMILES string of the molecule is O=C(COC(=O)CN1C(=O)CSc2ccccc21)NCc1ccccc1Cl. The van der Waals surface area contributed by atoms with E-state index in [1.165, 1.54) is 16.7 Å². The van der Waals surface area contributed by atoms with Crippen LogP contribution < -0.4 is 10.2 Å². The number of fused-ring (bicyclic) bond motifs is 1. The van der Waals surface area contributed by atoms with Crippen LogP contribution in [-0.4, -0.2) is 36.7 Å². The number of hydrogen-bond donors (Lipinski definition) is 1. The average Bonchev–Trinajstić information content (AvgIpc) is 2.68. The van der Waals surface area contributed by atoms with Crippen molar-refractivity contribution in [3.8, 4) is 0 Å². The van der Waals surface area contributed by atoms with Crippen LogP contribution in [0.5, 0.6) is 0 Å². The Kier molecular flexibility index (Phi) is 6.36. The lowest BCUT2D eigenvalue weighted by Gasteiger charge is -2.27. The molecule has 2 aromatic carbocycles. The van der Waals surface area contributed by atoms with Crippen molar-refractivity contribution in [1.82, 2.24) is 5.32 Å². The molecule has 1 aliphatic rings. The molecule has 27 heavy (non-hydrogen) atoms.